The second-order valence-electron chi connectivity index (χ2n) is 6.54. The summed E-state index contributed by atoms with van der Waals surface area (Å²) in [6, 6.07) is 0. The maximum atomic E-state index is 12.3. The normalized spacial score (nSPS) is 23.7. The minimum Gasteiger partial charge on any atom is -0.425 e. The fraction of sp³-hybridized carbons (Fsp3) is 0.812. The molecule has 1 aliphatic carbocycles. The molecule has 0 spiro atoms. The molecule has 3 rings (SSSR count). The van der Waals surface area contributed by atoms with Gasteiger partial charge in [-0.25, -0.2) is 0 Å². The minimum atomic E-state index is 0.151. The van der Waals surface area contributed by atoms with E-state index in [9.17, 15) is 4.79 Å². The van der Waals surface area contributed by atoms with Gasteiger partial charge in [-0.1, -0.05) is 19.8 Å². The number of nitrogens with zero attached hydrogens (tertiary/aromatic N) is 3. The van der Waals surface area contributed by atoms with Gasteiger partial charge in [-0.2, -0.15) is 0 Å². The molecule has 1 amide bonds. The Kier molecular flexibility index (Phi) is 5.08. The Morgan fingerprint density at radius 3 is 2.95 bits per heavy atom. The van der Waals surface area contributed by atoms with Crippen LogP contribution < -0.4 is 0 Å². The topological polar surface area (TPSA) is 68.5 Å². The van der Waals surface area contributed by atoms with Crippen molar-refractivity contribution in [2.75, 3.05) is 26.3 Å². The molecule has 1 aliphatic heterocycles. The predicted octanol–water partition coefficient (Wildman–Crippen LogP) is 2.15. The van der Waals surface area contributed by atoms with Crippen molar-refractivity contribution < 1.29 is 13.9 Å². The van der Waals surface area contributed by atoms with E-state index in [4.69, 9.17) is 9.15 Å². The van der Waals surface area contributed by atoms with Crippen molar-refractivity contribution >= 4 is 5.91 Å². The van der Waals surface area contributed by atoms with E-state index in [0.29, 0.717) is 43.7 Å². The fourth-order valence-electron chi connectivity index (χ4n) is 3.28. The summed E-state index contributed by atoms with van der Waals surface area (Å²) >= 11 is 0. The summed E-state index contributed by atoms with van der Waals surface area (Å²) < 4.78 is 11.2. The average molecular weight is 307 g/mol. The van der Waals surface area contributed by atoms with Crippen LogP contribution in [-0.4, -0.2) is 47.3 Å². The number of ether oxygens (including phenoxy) is 1. The van der Waals surface area contributed by atoms with Gasteiger partial charge >= 0.3 is 0 Å². The third-order valence-corrected chi connectivity index (χ3v) is 4.53. The van der Waals surface area contributed by atoms with Crippen LogP contribution in [0.5, 0.6) is 0 Å². The minimum absolute atomic E-state index is 0.151. The smallest absolute Gasteiger partial charge is 0.223 e. The third-order valence-electron chi connectivity index (χ3n) is 4.53. The number of carbonyl (C=O) groups is 1. The van der Waals surface area contributed by atoms with Gasteiger partial charge in [-0.05, 0) is 18.8 Å². The molecule has 1 saturated heterocycles. The van der Waals surface area contributed by atoms with Gasteiger partial charge in [0.1, 0.15) is 0 Å². The highest BCUT2D eigenvalue weighted by Crippen LogP contribution is 2.33. The van der Waals surface area contributed by atoms with Crippen molar-refractivity contribution in [3.05, 3.63) is 11.8 Å². The van der Waals surface area contributed by atoms with Gasteiger partial charge in [-0.3, -0.25) is 4.79 Å². The summed E-state index contributed by atoms with van der Waals surface area (Å²) in [6.45, 7) is 4.93. The van der Waals surface area contributed by atoms with Crippen molar-refractivity contribution in [1.82, 2.24) is 15.1 Å². The zero-order valence-electron chi connectivity index (χ0n) is 13.3. The van der Waals surface area contributed by atoms with Crippen LogP contribution in [0.15, 0.2) is 4.42 Å². The Hall–Kier alpha value is -1.43. The molecule has 2 fully saturated rings. The lowest BCUT2D eigenvalue weighted by molar-refractivity contribution is -0.131. The van der Waals surface area contributed by atoms with Crippen molar-refractivity contribution in [1.29, 1.82) is 0 Å². The zero-order valence-corrected chi connectivity index (χ0v) is 13.3. The lowest BCUT2D eigenvalue weighted by Crippen LogP contribution is -2.35. The lowest BCUT2D eigenvalue weighted by atomic mass is 10.1. The Balaban J connectivity index is 1.50. The summed E-state index contributed by atoms with van der Waals surface area (Å²) in [7, 11) is 0. The first-order valence-corrected chi connectivity index (χ1v) is 8.40. The maximum absolute atomic E-state index is 12.3. The van der Waals surface area contributed by atoms with Crippen LogP contribution in [0.3, 0.4) is 0 Å². The molecule has 0 aromatic carbocycles. The molecule has 0 N–H and O–H groups in total. The Labute approximate surface area is 131 Å². The number of hydrogen-bond donors (Lipinski definition) is 0. The van der Waals surface area contributed by atoms with Crippen LogP contribution >= 0.6 is 0 Å². The monoisotopic (exact) mass is 307 g/mol. The second kappa shape index (κ2) is 7.22. The highest BCUT2D eigenvalue weighted by atomic mass is 16.5. The number of aromatic nitrogens is 2. The van der Waals surface area contributed by atoms with Gasteiger partial charge in [-0.15, -0.1) is 10.2 Å². The number of hydrogen-bond acceptors (Lipinski definition) is 5. The Bertz CT molecular complexity index is 497. The van der Waals surface area contributed by atoms with Gasteiger partial charge in [0.25, 0.3) is 0 Å². The first-order valence-electron chi connectivity index (χ1n) is 8.40. The van der Waals surface area contributed by atoms with Crippen molar-refractivity contribution in [2.45, 2.75) is 51.4 Å². The van der Waals surface area contributed by atoms with E-state index in [2.05, 4.69) is 17.1 Å². The number of rotatable bonds is 4. The SMILES string of the molecule is CC1COCCN(C(=O)CCc2nnc(C3CCCC3)o2)C1. The van der Waals surface area contributed by atoms with Crippen molar-refractivity contribution in [3.63, 3.8) is 0 Å². The van der Waals surface area contributed by atoms with Gasteiger partial charge in [0.15, 0.2) is 0 Å². The summed E-state index contributed by atoms with van der Waals surface area (Å²) in [5.41, 5.74) is 0. The molecule has 6 nitrogen and oxygen atoms in total. The Morgan fingerprint density at radius 1 is 1.32 bits per heavy atom. The highest BCUT2D eigenvalue weighted by molar-refractivity contribution is 5.76. The maximum Gasteiger partial charge on any atom is 0.223 e. The van der Waals surface area contributed by atoms with Gasteiger partial charge in [0, 0.05) is 31.8 Å². The van der Waals surface area contributed by atoms with Gasteiger partial charge < -0.3 is 14.1 Å². The first-order chi connectivity index (χ1) is 10.7. The molecule has 122 valence electrons. The molecule has 0 radical (unpaired) electrons. The standard InChI is InChI=1S/C16H25N3O3/c1-12-10-19(8-9-21-11-12)15(20)7-6-14-17-18-16(22-14)13-4-2-3-5-13/h12-13H,2-11H2,1H3. The average Bonchev–Trinajstić information content (AvgIpc) is 3.14. The molecule has 6 heteroatoms. The van der Waals surface area contributed by atoms with E-state index in [-0.39, 0.29) is 5.91 Å². The van der Waals surface area contributed by atoms with Crippen LogP contribution in [0.4, 0.5) is 0 Å². The highest BCUT2D eigenvalue weighted by Gasteiger charge is 2.24. The molecule has 1 unspecified atom stereocenters. The summed E-state index contributed by atoms with van der Waals surface area (Å²) in [5.74, 6) is 2.33. The number of aryl methyl sites for hydroxylation is 1. The quantitative estimate of drug-likeness (QED) is 0.852. The number of carbonyl (C=O) groups excluding carboxylic acids is 1. The van der Waals surface area contributed by atoms with E-state index in [1.54, 1.807) is 0 Å². The predicted molar refractivity (Wildman–Crippen MR) is 80.4 cm³/mol. The summed E-state index contributed by atoms with van der Waals surface area (Å²) in [6.07, 6.45) is 5.74. The summed E-state index contributed by atoms with van der Waals surface area (Å²) in [5, 5.41) is 8.25. The molecule has 2 heterocycles. The number of amides is 1. The molecule has 22 heavy (non-hydrogen) atoms. The van der Waals surface area contributed by atoms with Crippen LogP contribution in [0, 0.1) is 5.92 Å². The van der Waals surface area contributed by atoms with E-state index in [0.717, 1.165) is 31.9 Å². The van der Waals surface area contributed by atoms with Crippen molar-refractivity contribution in [3.8, 4) is 0 Å². The second-order valence-corrected chi connectivity index (χ2v) is 6.54. The van der Waals surface area contributed by atoms with Crippen LogP contribution in [0.1, 0.15) is 56.7 Å². The van der Waals surface area contributed by atoms with Gasteiger partial charge in [0.2, 0.25) is 17.7 Å². The molecule has 1 aromatic heterocycles. The van der Waals surface area contributed by atoms with Crippen LogP contribution in [0.2, 0.25) is 0 Å². The van der Waals surface area contributed by atoms with E-state index >= 15 is 0 Å². The zero-order chi connectivity index (χ0) is 15.4. The molecule has 1 atom stereocenters. The third kappa shape index (κ3) is 3.85. The van der Waals surface area contributed by atoms with Crippen LogP contribution in [0.25, 0.3) is 0 Å². The molecule has 1 saturated carbocycles. The molecular weight excluding hydrogens is 282 g/mol. The van der Waals surface area contributed by atoms with Crippen LogP contribution in [-0.2, 0) is 16.0 Å². The molecule has 2 aliphatic rings. The fourth-order valence-corrected chi connectivity index (χ4v) is 3.28. The first kappa shape index (κ1) is 15.5. The molecule has 0 bridgehead atoms. The van der Waals surface area contributed by atoms with E-state index < -0.39 is 0 Å². The van der Waals surface area contributed by atoms with Crippen molar-refractivity contribution in [2.24, 2.45) is 5.92 Å². The lowest BCUT2D eigenvalue weighted by Gasteiger charge is -2.21. The largest absolute Gasteiger partial charge is 0.425 e. The Morgan fingerprint density at radius 2 is 2.14 bits per heavy atom. The van der Waals surface area contributed by atoms with E-state index in [1.165, 1.54) is 12.8 Å². The summed E-state index contributed by atoms with van der Waals surface area (Å²) in [4.78, 5) is 14.2. The van der Waals surface area contributed by atoms with Gasteiger partial charge in [0.05, 0.1) is 13.2 Å². The van der Waals surface area contributed by atoms with E-state index in [1.807, 2.05) is 4.90 Å². The molecule has 1 aromatic rings. The molecular formula is C16H25N3O3.